The van der Waals surface area contributed by atoms with Gasteiger partial charge in [0.2, 0.25) is 0 Å². The van der Waals surface area contributed by atoms with Crippen molar-refractivity contribution in [3.63, 3.8) is 0 Å². The van der Waals surface area contributed by atoms with Crippen molar-refractivity contribution in [1.29, 1.82) is 0 Å². The third-order valence-corrected chi connectivity index (χ3v) is 5.99. The molecule has 0 bridgehead atoms. The highest BCUT2D eigenvalue weighted by molar-refractivity contribution is 7.14. The van der Waals surface area contributed by atoms with Crippen LogP contribution in [0.15, 0.2) is 67.0 Å². The number of halogens is 1. The first-order valence-electron chi connectivity index (χ1n) is 10.4. The zero-order valence-corrected chi connectivity index (χ0v) is 18.8. The highest BCUT2D eigenvalue weighted by Crippen LogP contribution is 2.30. The Labute approximate surface area is 202 Å². The number of nitrogen functional groups attached to an aromatic ring is 1. The molecule has 35 heavy (non-hydrogen) atoms. The number of aromatic hydroxyl groups is 1. The summed E-state index contributed by atoms with van der Waals surface area (Å²) in [6, 6.07) is 13.3. The van der Waals surface area contributed by atoms with Crippen LogP contribution in [0.4, 0.5) is 10.2 Å². The Balaban J connectivity index is 1.44. The van der Waals surface area contributed by atoms with Gasteiger partial charge in [0.25, 0.3) is 5.91 Å². The zero-order valence-electron chi connectivity index (χ0n) is 18.0. The molecule has 1 atom stereocenters. The van der Waals surface area contributed by atoms with E-state index in [1.54, 1.807) is 18.3 Å². The van der Waals surface area contributed by atoms with E-state index in [0.717, 1.165) is 29.0 Å². The molecule has 0 saturated carbocycles. The van der Waals surface area contributed by atoms with Crippen molar-refractivity contribution in [2.24, 2.45) is 0 Å². The maximum atomic E-state index is 14.0. The predicted octanol–water partition coefficient (Wildman–Crippen LogP) is 3.76. The molecule has 0 aliphatic rings. The number of aromatic amines is 1. The van der Waals surface area contributed by atoms with Crippen LogP contribution in [0.1, 0.15) is 37.7 Å². The molecule has 10 heteroatoms. The fourth-order valence-electron chi connectivity index (χ4n) is 3.40. The maximum Gasteiger partial charge on any atom is 0.281 e. The predicted molar refractivity (Wildman–Crippen MR) is 130 cm³/mol. The number of pyridine rings is 1. The Morgan fingerprint density at radius 3 is 2.77 bits per heavy atom. The van der Waals surface area contributed by atoms with Crippen molar-refractivity contribution in [2.45, 2.75) is 6.04 Å². The second kappa shape index (κ2) is 9.24. The molecule has 3 heterocycles. The van der Waals surface area contributed by atoms with E-state index in [9.17, 15) is 14.3 Å². The Hall–Kier alpha value is -4.75. The number of aromatic nitrogens is 4. The van der Waals surface area contributed by atoms with Gasteiger partial charge in [-0.05, 0) is 48.4 Å². The smallest absolute Gasteiger partial charge is 0.281 e. The van der Waals surface area contributed by atoms with E-state index < -0.39 is 17.8 Å². The third-order valence-electron chi connectivity index (χ3n) is 5.07. The molecule has 3 aromatic heterocycles. The first-order valence-corrected chi connectivity index (χ1v) is 11.2. The van der Waals surface area contributed by atoms with Crippen LogP contribution in [-0.2, 0) is 0 Å². The van der Waals surface area contributed by atoms with Gasteiger partial charge in [-0.1, -0.05) is 18.1 Å². The van der Waals surface area contributed by atoms with Gasteiger partial charge in [0.15, 0.2) is 5.01 Å². The van der Waals surface area contributed by atoms with Gasteiger partial charge in [0.05, 0.1) is 22.1 Å². The number of fused-ring (bicyclic) bond motifs is 1. The first-order chi connectivity index (χ1) is 17.0. The van der Waals surface area contributed by atoms with Crippen molar-refractivity contribution in [3.8, 4) is 17.6 Å². The zero-order chi connectivity index (χ0) is 24.4. The number of benzene rings is 2. The molecule has 0 radical (unpaired) electrons. The average molecular weight is 485 g/mol. The molecule has 2 aromatic carbocycles. The lowest BCUT2D eigenvalue weighted by atomic mass is 10.0. The quantitative estimate of drug-likeness (QED) is 0.288. The molecular formula is C25H17FN6O2S. The Morgan fingerprint density at radius 2 is 1.97 bits per heavy atom. The van der Waals surface area contributed by atoms with Gasteiger partial charge < -0.3 is 21.1 Å². The monoisotopic (exact) mass is 484 g/mol. The lowest BCUT2D eigenvalue weighted by Gasteiger charge is -2.18. The van der Waals surface area contributed by atoms with Crippen molar-refractivity contribution < 1.29 is 14.3 Å². The molecule has 0 fully saturated rings. The minimum Gasteiger partial charge on any atom is -0.508 e. The molecule has 5 N–H and O–H groups in total. The molecular weight excluding hydrogens is 467 g/mol. The number of hydrogen-bond donors (Lipinski definition) is 4. The first kappa shape index (κ1) is 22.1. The second-order valence-electron chi connectivity index (χ2n) is 7.50. The number of thiazole rings is 1. The SMILES string of the molecule is Nc1ccc(C#Cc2cnc(C(=O)NC(c3nc4ccccc4[nH]3)c3cc(F)ccc3O)s2)cn1. The molecule has 5 aromatic rings. The Morgan fingerprint density at radius 1 is 1.11 bits per heavy atom. The normalized spacial score (nSPS) is 11.6. The summed E-state index contributed by atoms with van der Waals surface area (Å²) < 4.78 is 14.0. The van der Waals surface area contributed by atoms with Gasteiger partial charge in [0.1, 0.15) is 29.3 Å². The van der Waals surface area contributed by atoms with E-state index in [1.165, 1.54) is 12.3 Å². The van der Waals surface area contributed by atoms with Crippen LogP contribution in [0, 0.1) is 17.7 Å². The van der Waals surface area contributed by atoms with E-state index >= 15 is 0 Å². The number of rotatable bonds is 4. The molecule has 8 nitrogen and oxygen atoms in total. The van der Waals surface area contributed by atoms with Crippen LogP contribution in [0.5, 0.6) is 5.75 Å². The average Bonchev–Trinajstić information content (AvgIpc) is 3.51. The topological polar surface area (TPSA) is 130 Å². The second-order valence-corrected chi connectivity index (χ2v) is 8.53. The number of para-hydroxylation sites is 2. The summed E-state index contributed by atoms with van der Waals surface area (Å²) in [5.74, 6) is 5.36. The molecule has 1 amide bonds. The summed E-state index contributed by atoms with van der Waals surface area (Å²) in [6.45, 7) is 0. The largest absolute Gasteiger partial charge is 0.508 e. The van der Waals surface area contributed by atoms with Crippen molar-refractivity contribution in [2.75, 3.05) is 5.73 Å². The number of nitrogens with zero attached hydrogens (tertiary/aromatic N) is 3. The molecule has 172 valence electrons. The number of carbonyl (C=O) groups is 1. The van der Waals surface area contributed by atoms with Gasteiger partial charge in [-0.2, -0.15) is 0 Å². The number of H-pyrrole nitrogens is 1. The van der Waals surface area contributed by atoms with E-state index in [-0.39, 0.29) is 16.3 Å². The van der Waals surface area contributed by atoms with Crippen LogP contribution in [0.2, 0.25) is 0 Å². The van der Waals surface area contributed by atoms with E-state index in [0.29, 0.717) is 27.6 Å². The number of phenols is 1. The van der Waals surface area contributed by atoms with E-state index in [2.05, 4.69) is 37.1 Å². The summed E-state index contributed by atoms with van der Waals surface area (Å²) in [4.78, 5) is 29.5. The van der Waals surface area contributed by atoms with Gasteiger partial charge in [-0.3, -0.25) is 4.79 Å². The molecule has 0 spiro atoms. The van der Waals surface area contributed by atoms with Crippen molar-refractivity contribution in [3.05, 3.63) is 99.6 Å². The standard InChI is InChI=1S/C25H17FN6O2S/c26-15-7-9-20(33)17(11-15)22(23-30-18-3-1-2-4-19(18)31-23)32-24(34)25-29-13-16(35-25)8-5-14-6-10-21(27)28-12-14/h1-4,6-7,9-13,22,33H,(H2,27,28)(H,30,31)(H,32,34). The van der Waals surface area contributed by atoms with E-state index in [1.807, 2.05) is 24.3 Å². The molecule has 0 aliphatic heterocycles. The number of imidazole rings is 1. The Bertz CT molecular complexity index is 1570. The number of amides is 1. The minimum atomic E-state index is -0.954. The molecule has 0 aliphatic carbocycles. The van der Waals surface area contributed by atoms with Gasteiger partial charge in [-0.15, -0.1) is 11.3 Å². The van der Waals surface area contributed by atoms with Crippen LogP contribution in [0.3, 0.4) is 0 Å². The number of hydrogen-bond acceptors (Lipinski definition) is 7. The van der Waals surface area contributed by atoms with Crippen LogP contribution < -0.4 is 11.1 Å². The van der Waals surface area contributed by atoms with Crippen LogP contribution >= 0.6 is 11.3 Å². The van der Waals surface area contributed by atoms with Crippen LogP contribution in [0.25, 0.3) is 11.0 Å². The lowest BCUT2D eigenvalue weighted by Crippen LogP contribution is -2.30. The van der Waals surface area contributed by atoms with Gasteiger partial charge in [0, 0.05) is 17.3 Å². The number of nitrogens with one attached hydrogen (secondary N) is 2. The fraction of sp³-hybridized carbons (Fsp3) is 0.0400. The van der Waals surface area contributed by atoms with Crippen molar-refractivity contribution in [1.82, 2.24) is 25.3 Å². The summed E-state index contributed by atoms with van der Waals surface area (Å²) in [6.07, 6.45) is 3.05. The number of nitrogens with two attached hydrogens (primary N) is 1. The number of phenolic OH excluding ortho intramolecular Hbond substituents is 1. The summed E-state index contributed by atoms with van der Waals surface area (Å²) in [5, 5.41) is 13.4. The summed E-state index contributed by atoms with van der Waals surface area (Å²) in [5.41, 5.74) is 7.81. The molecule has 0 saturated heterocycles. The van der Waals surface area contributed by atoms with Crippen molar-refractivity contribution >= 4 is 34.1 Å². The number of anilines is 1. The lowest BCUT2D eigenvalue weighted by molar-refractivity contribution is 0.0941. The minimum absolute atomic E-state index is 0.154. The molecule has 5 rings (SSSR count). The third kappa shape index (κ3) is 4.80. The maximum absolute atomic E-state index is 14.0. The van der Waals surface area contributed by atoms with Crippen LogP contribution in [-0.4, -0.2) is 30.9 Å². The highest BCUT2D eigenvalue weighted by atomic mass is 32.1. The fourth-order valence-corrected chi connectivity index (χ4v) is 4.07. The van der Waals surface area contributed by atoms with Gasteiger partial charge >= 0.3 is 0 Å². The number of carbonyl (C=O) groups excluding carboxylic acids is 1. The summed E-state index contributed by atoms with van der Waals surface area (Å²) in [7, 11) is 0. The van der Waals surface area contributed by atoms with Gasteiger partial charge in [-0.25, -0.2) is 19.3 Å². The van der Waals surface area contributed by atoms with E-state index in [4.69, 9.17) is 5.73 Å². The Kier molecular flexibility index (Phi) is 5.83. The summed E-state index contributed by atoms with van der Waals surface area (Å²) >= 11 is 1.10. The molecule has 1 unspecified atom stereocenters. The highest BCUT2D eigenvalue weighted by Gasteiger charge is 2.25.